The van der Waals surface area contributed by atoms with Gasteiger partial charge in [-0.25, -0.2) is 9.78 Å². The first kappa shape index (κ1) is 29.5. The summed E-state index contributed by atoms with van der Waals surface area (Å²) in [4.78, 5) is 31.7. The summed E-state index contributed by atoms with van der Waals surface area (Å²) in [5.74, 6) is 1.45. The van der Waals surface area contributed by atoms with Gasteiger partial charge in [0.2, 0.25) is 5.95 Å². The SMILES string of the molecule is CCNC(=O)ON1CCC(Nc2nc(NC3CCC(N)CC3)nc3c2ncn3C2CCCC2)CC1.Cl.Cl. The van der Waals surface area contributed by atoms with E-state index in [-0.39, 0.29) is 30.9 Å². The van der Waals surface area contributed by atoms with Crippen molar-refractivity contribution in [3.05, 3.63) is 6.33 Å². The molecule has 0 aromatic carbocycles. The molecule has 2 aromatic rings. The van der Waals surface area contributed by atoms with Crippen molar-refractivity contribution in [2.24, 2.45) is 5.73 Å². The van der Waals surface area contributed by atoms with Gasteiger partial charge in [0.15, 0.2) is 17.0 Å². The fraction of sp³-hybridized carbons (Fsp3) is 0.750. The van der Waals surface area contributed by atoms with Gasteiger partial charge in [0, 0.05) is 43.8 Å². The van der Waals surface area contributed by atoms with Crippen LogP contribution in [0.4, 0.5) is 16.6 Å². The second-order valence-corrected chi connectivity index (χ2v) is 10.2. The van der Waals surface area contributed by atoms with Crippen LogP contribution in [0.3, 0.4) is 0 Å². The molecule has 11 nitrogen and oxygen atoms in total. The number of aromatic nitrogens is 4. The number of imidazole rings is 1. The summed E-state index contributed by atoms with van der Waals surface area (Å²) in [7, 11) is 0. The minimum Gasteiger partial charge on any atom is -0.365 e. The molecule has 3 aliphatic rings. The first-order valence-corrected chi connectivity index (χ1v) is 13.3. The Hall–Kier alpha value is -2.08. The van der Waals surface area contributed by atoms with Crippen molar-refractivity contribution in [1.29, 1.82) is 0 Å². The number of carbonyl (C=O) groups is 1. The van der Waals surface area contributed by atoms with Crippen molar-refractivity contribution in [3.8, 4) is 0 Å². The Balaban J connectivity index is 0.00000190. The van der Waals surface area contributed by atoms with E-state index < -0.39 is 6.09 Å². The van der Waals surface area contributed by atoms with Crippen molar-refractivity contribution in [2.75, 3.05) is 30.3 Å². The van der Waals surface area contributed by atoms with Crippen LogP contribution in [-0.4, -0.2) is 68.4 Å². The minimum absolute atomic E-state index is 0. The van der Waals surface area contributed by atoms with Crippen LogP contribution in [0.2, 0.25) is 0 Å². The highest BCUT2D eigenvalue weighted by Crippen LogP contribution is 2.33. The Bertz CT molecular complexity index is 1000. The zero-order valence-corrected chi connectivity index (χ0v) is 23.2. The average Bonchev–Trinajstić information content (AvgIpc) is 3.52. The molecular formula is C24H41Cl2N9O2. The van der Waals surface area contributed by atoms with Crippen LogP contribution in [0.15, 0.2) is 6.33 Å². The minimum atomic E-state index is -0.395. The number of nitrogens with one attached hydrogen (secondary N) is 3. The van der Waals surface area contributed by atoms with Crippen LogP contribution in [0.25, 0.3) is 11.2 Å². The van der Waals surface area contributed by atoms with Crippen molar-refractivity contribution in [1.82, 2.24) is 29.9 Å². The van der Waals surface area contributed by atoms with Crippen LogP contribution >= 0.6 is 24.8 Å². The summed E-state index contributed by atoms with van der Waals surface area (Å²) in [5.41, 5.74) is 7.84. The number of rotatable bonds is 7. The van der Waals surface area contributed by atoms with Gasteiger partial charge >= 0.3 is 6.09 Å². The van der Waals surface area contributed by atoms with E-state index in [0.29, 0.717) is 43.7 Å². The first-order valence-electron chi connectivity index (χ1n) is 13.3. The molecule has 37 heavy (non-hydrogen) atoms. The zero-order valence-electron chi connectivity index (χ0n) is 21.5. The number of hydrogen-bond donors (Lipinski definition) is 4. The summed E-state index contributed by atoms with van der Waals surface area (Å²) in [5, 5.41) is 11.6. The van der Waals surface area contributed by atoms with E-state index in [1.807, 2.05) is 13.3 Å². The largest absolute Gasteiger partial charge is 0.426 e. The molecule has 3 fully saturated rings. The quantitative estimate of drug-likeness (QED) is 0.398. The third-order valence-corrected chi connectivity index (χ3v) is 7.57. The molecule has 1 saturated heterocycles. The standard InChI is InChI=1S/C24H39N9O2.2ClH/c1-2-26-24(34)35-32-13-11-18(12-14-32)28-21-20-22(33(15-27-20)19-5-3-4-6-19)31-23(30-21)29-17-9-7-16(25)8-10-17;;/h15-19H,2-14,25H2,1H3,(H,26,34)(H2,28,29,30,31);2*1H. The molecule has 0 unspecified atom stereocenters. The Morgan fingerprint density at radius 2 is 1.68 bits per heavy atom. The van der Waals surface area contributed by atoms with Crippen LogP contribution in [-0.2, 0) is 4.84 Å². The van der Waals surface area contributed by atoms with Gasteiger partial charge in [-0.05, 0) is 58.3 Å². The van der Waals surface area contributed by atoms with E-state index in [0.717, 1.165) is 55.5 Å². The van der Waals surface area contributed by atoms with Gasteiger partial charge in [-0.1, -0.05) is 12.8 Å². The molecule has 0 bridgehead atoms. The number of piperidine rings is 1. The number of nitrogens with zero attached hydrogens (tertiary/aromatic N) is 5. The molecule has 13 heteroatoms. The summed E-state index contributed by atoms with van der Waals surface area (Å²) in [6, 6.07) is 1.33. The predicted molar refractivity (Wildman–Crippen MR) is 150 cm³/mol. The molecule has 2 aromatic heterocycles. The van der Waals surface area contributed by atoms with E-state index in [4.69, 9.17) is 25.5 Å². The number of halogens is 2. The number of fused-ring (bicyclic) bond motifs is 1. The van der Waals surface area contributed by atoms with Crippen molar-refractivity contribution >= 4 is 53.8 Å². The molecule has 0 radical (unpaired) electrons. The Kier molecular flexibility index (Phi) is 10.9. The third-order valence-electron chi connectivity index (χ3n) is 7.57. The maximum atomic E-state index is 11.7. The highest BCUT2D eigenvalue weighted by atomic mass is 35.5. The second-order valence-electron chi connectivity index (χ2n) is 10.2. The fourth-order valence-corrected chi connectivity index (χ4v) is 5.56. The van der Waals surface area contributed by atoms with Gasteiger partial charge in [-0.2, -0.15) is 9.97 Å². The van der Waals surface area contributed by atoms with E-state index in [9.17, 15) is 4.79 Å². The average molecular weight is 559 g/mol. The normalized spacial score (nSPS) is 23.2. The van der Waals surface area contributed by atoms with Gasteiger partial charge in [-0.15, -0.1) is 29.9 Å². The smallest absolute Gasteiger partial charge is 0.365 e. The molecule has 5 N–H and O–H groups in total. The maximum Gasteiger partial charge on any atom is 0.426 e. The predicted octanol–water partition coefficient (Wildman–Crippen LogP) is 4.00. The topological polar surface area (TPSA) is 135 Å². The Labute approximate surface area is 230 Å². The van der Waals surface area contributed by atoms with Crippen molar-refractivity contribution < 1.29 is 9.63 Å². The zero-order chi connectivity index (χ0) is 24.2. The second kappa shape index (κ2) is 13.6. The van der Waals surface area contributed by atoms with E-state index in [2.05, 4.69) is 20.5 Å². The number of carbonyl (C=O) groups excluding carboxylic acids is 1. The molecule has 1 aliphatic heterocycles. The molecule has 5 rings (SSSR count). The fourth-order valence-electron chi connectivity index (χ4n) is 5.56. The number of amides is 1. The van der Waals surface area contributed by atoms with Crippen LogP contribution in [0, 0.1) is 0 Å². The lowest BCUT2D eigenvalue weighted by molar-refractivity contribution is -0.112. The Morgan fingerprint density at radius 3 is 2.35 bits per heavy atom. The number of hydroxylamine groups is 2. The highest BCUT2D eigenvalue weighted by Gasteiger charge is 2.26. The first-order chi connectivity index (χ1) is 17.1. The summed E-state index contributed by atoms with van der Waals surface area (Å²) in [6.45, 7) is 3.78. The maximum absolute atomic E-state index is 11.7. The van der Waals surface area contributed by atoms with Gasteiger partial charge < -0.3 is 31.1 Å². The summed E-state index contributed by atoms with van der Waals surface area (Å²) < 4.78 is 2.25. The van der Waals surface area contributed by atoms with E-state index >= 15 is 0 Å². The lowest BCUT2D eigenvalue weighted by atomic mass is 9.92. The van der Waals surface area contributed by atoms with Gasteiger partial charge in [0.1, 0.15) is 0 Å². The molecule has 2 aliphatic carbocycles. The monoisotopic (exact) mass is 557 g/mol. The highest BCUT2D eigenvalue weighted by molar-refractivity contribution is 5.86. The van der Waals surface area contributed by atoms with Gasteiger partial charge in [0.25, 0.3) is 0 Å². The number of hydrogen-bond acceptors (Lipinski definition) is 9. The number of nitrogens with two attached hydrogens (primary N) is 1. The molecule has 3 heterocycles. The van der Waals surface area contributed by atoms with Gasteiger partial charge in [0.05, 0.1) is 6.33 Å². The van der Waals surface area contributed by atoms with E-state index in [1.54, 1.807) is 5.06 Å². The molecule has 2 saturated carbocycles. The Morgan fingerprint density at radius 1 is 1.00 bits per heavy atom. The van der Waals surface area contributed by atoms with Crippen molar-refractivity contribution in [3.63, 3.8) is 0 Å². The van der Waals surface area contributed by atoms with Crippen LogP contribution in [0.5, 0.6) is 0 Å². The molecule has 208 valence electrons. The summed E-state index contributed by atoms with van der Waals surface area (Å²) in [6.07, 6.45) is 12.2. The lowest BCUT2D eigenvalue weighted by Crippen LogP contribution is -2.42. The molecule has 0 atom stereocenters. The van der Waals surface area contributed by atoms with Crippen molar-refractivity contribution in [2.45, 2.75) is 95.3 Å². The van der Waals surface area contributed by atoms with Gasteiger partial charge in [-0.3, -0.25) is 0 Å². The molecule has 1 amide bonds. The van der Waals surface area contributed by atoms with Crippen LogP contribution < -0.4 is 21.7 Å². The number of anilines is 2. The van der Waals surface area contributed by atoms with E-state index in [1.165, 1.54) is 25.7 Å². The molecule has 0 spiro atoms. The molecular weight excluding hydrogens is 517 g/mol. The lowest BCUT2D eigenvalue weighted by Gasteiger charge is -2.31. The summed E-state index contributed by atoms with van der Waals surface area (Å²) >= 11 is 0. The van der Waals surface area contributed by atoms with Crippen LogP contribution in [0.1, 0.15) is 77.2 Å². The third kappa shape index (κ3) is 7.28.